The first-order chi connectivity index (χ1) is 8.08. The number of carboxylic acids is 1. The molecule has 1 rings (SSSR count). The van der Waals surface area contributed by atoms with Crippen LogP contribution in [0.4, 0.5) is 0 Å². The predicted molar refractivity (Wildman–Crippen MR) is 65.7 cm³/mol. The summed E-state index contributed by atoms with van der Waals surface area (Å²) in [6.07, 6.45) is 2.90. The minimum absolute atomic E-state index is 0.179. The number of hydrogen-bond acceptors (Lipinski definition) is 3. The molecular weight excluding hydrogens is 218 g/mol. The maximum atomic E-state index is 10.6. The van der Waals surface area contributed by atoms with E-state index in [1.165, 1.54) is 0 Å². The van der Waals surface area contributed by atoms with Gasteiger partial charge in [0.05, 0.1) is 19.2 Å². The van der Waals surface area contributed by atoms with Gasteiger partial charge in [-0.15, -0.1) is 0 Å². The molecule has 1 aromatic rings. The second-order valence-corrected chi connectivity index (χ2v) is 4.68. The fourth-order valence-electron chi connectivity index (χ4n) is 1.59. The van der Waals surface area contributed by atoms with E-state index < -0.39 is 5.97 Å². The summed E-state index contributed by atoms with van der Waals surface area (Å²) in [6.45, 7) is 6.51. The van der Waals surface area contributed by atoms with Crippen molar-refractivity contribution in [3.05, 3.63) is 24.2 Å². The topological polar surface area (TPSA) is 53.7 Å². The molecule has 1 aromatic heterocycles. The number of carbonyl (C=O) groups is 1. The first-order valence-corrected chi connectivity index (χ1v) is 6.04. The number of aliphatic carboxylic acids is 1. The van der Waals surface area contributed by atoms with Crippen LogP contribution in [0.5, 0.6) is 0 Å². The highest BCUT2D eigenvalue weighted by Crippen LogP contribution is 2.09. The van der Waals surface area contributed by atoms with Crippen molar-refractivity contribution in [3.8, 4) is 0 Å². The van der Waals surface area contributed by atoms with E-state index in [9.17, 15) is 4.79 Å². The molecule has 0 amide bonds. The van der Waals surface area contributed by atoms with Gasteiger partial charge in [0, 0.05) is 6.54 Å². The fourth-order valence-corrected chi connectivity index (χ4v) is 1.59. The number of hydrogen-bond donors (Lipinski definition) is 1. The van der Waals surface area contributed by atoms with E-state index in [-0.39, 0.29) is 6.42 Å². The number of furan rings is 1. The second-order valence-electron chi connectivity index (χ2n) is 4.68. The predicted octanol–water partition coefficient (Wildman–Crippen LogP) is 2.60. The normalized spacial score (nSPS) is 11.3. The molecule has 4 heteroatoms. The Kier molecular flexibility index (Phi) is 5.77. The number of carboxylic acid groups (broad SMARTS) is 1. The summed E-state index contributed by atoms with van der Waals surface area (Å²) in [7, 11) is 0. The summed E-state index contributed by atoms with van der Waals surface area (Å²) < 4.78 is 5.29. The zero-order chi connectivity index (χ0) is 12.7. The van der Waals surface area contributed by atoms with Crippen molar-refractivity contribution in [3.63, 3.8) is 0 Å². The van der Waals surface area contributed by atoms with E-state index in [0.29, 0.717) is 19.0 Å². The summed E-state index contributed by atoms with van der Waals surface area (Å²) in [5.41, 5.74) is 0. The van der Waals surface area contributed by atoms with Crippen molar-refractivity contribution in [2.24, 2.45) is 5.92 Å². The lowest BCUT2D eigenvalue weighted by molar-refractivity contribution is -0.137. The Labute approximate surface area is 102 Å². The third kappa shape index (κ3) is 6.12. The summed E-state index contributed by atoms with van der Waals surface area (Å²) >= 11 is 0. The second kappa shape index (κ2) is 7.12. The molecule has 0 aliphatic carbocycles. The van der Waals surface area contributed by atoms with Crippen molar-refractivity contribution >= 4 is 5.97 Å². The molecule has 0 radical (unpaired) electrons. The molecule has 0 aliphatic rings. The lowest BCUT2D eigenvalue weighted by Crippen LogP contribution is -2.27. The van der Waals surface area contributed by atoms with Gasteiger partial charge in [-0.05, 0) is 31.0 Å². The quantitative estimate of drug-likeness (QED) is 0.757. The Hall–Kier alpha value is -1.29. The van der Waals surface area contributed by atoms with Gasteiger partial charge in [0.25, 0.3) is 0 Å². The maximum absolute atomic E-state index is 10.6. The molecule has 0 unspecified atom stereocenters. The SMILES string of the molecule is CC(C)CCN(CCC(=O)O)Cc1ccco1. The van der Waals surface area contributed by atoms with Gasteiger partial charge >= 0.3 is 5.97 Å². The van der Waals surface area contributed by atoms with Crippen LogP contribution in [0.1, 0.15) is 32.4 Å². The van der Waals surface area contributed by atoms with E-state index in [2.05, 4.69) is 18.7 Å². The van der Waals surface area contributed by atoms with E-state index in [1.807, 2.05) is 12.1 Å². The minimum atomic E-state index is -0.751. The van der Waals surface area contributed by atoms with Gasteiger partial charge in [-0.2, -0.15) is 0 Å². The zero-order valence-corrected chi connectivity index (χ0v) is 10.6. The van der Waals surface area contributed by atoms with Gasteiger partial charge in [-0.25, -0.2) is 0 Å². The van der Waals surface area contributed by atoms with Crippen LogP contribution in [0.3, 0.4) is 0 Å². The standard InChI is InChI=1S/C13H21NO3/c1-11(2)5-7-14(8-6-13(15)16)10-12-4-3-9-17-12/h3-4,9,11H,5-8,10H2,1-2H3,(H,15,16). The largest absolute Gasteiger partial charge is 0.481 e. The van der Waals surface area contributed by atoms with E-state index in [4.69, 9.17) is 9.52 Å². The molecule has 0 saturated carbocycles. The molecular formula is C13H21NO3. The summed E-state index contributed by atoms with van der Waals surface area (Å²) in [5, 5.41) is 8.72. The zero-order valence-electron chi connectivity index (χ0n) is 10.6. The van der Waals surface area contributed by atoms with Crippen molar-refractivity contribution in [2.75, 3.05) is 13.1 Å². The van der Waals surface area contributed by atoms with Crippen LogP contribution < -0.4 is 0 Å². The van der Waals surface area contributed by atoms with Gasteiger partial charge in [0.1, 0.15) is 5.76 Å². The maximum Gasteiger partial charge on any atom is 0.304 e. The molecule has 17 heavy (non-hydrogen) atoms. The summed E-state index contributed by atoms with van der Waals surface area (Å²) in [5.74, 6) is 0.761. The molecule has 1 heterocycles. The molecule has 4 nitrogen and oxygen atoms in total. The lowest BCUT2D eigenvalue weighted by atomic mass is 10.1. The molecule has 0 fully saturated rings. The molecule has 0 aromatic carbocycles. The third-order valence-electron chi connectivity index (χ3n) is 2.62. The van der Waals surface area contributed by atoms with Gasteiger partial charge in [0.15, 0.2) is 0 Å². The smallest absolute Gasteiger partial charge is 0.304 e. The Morgan fingerprint density at radius 2 is 2.24 bits per heavy atom. The number of rotatable bonds is 8. The van der Waals surface area contributed by atoms with Gasteiger partial charge in [-0.1, -0.05) is 13.8 Å². The van der Waals surface area contributed by atoms with Crippen molar-refractivity contribution in [1.82, 2.24) is 4.90 Å². The van der Waals surface area contributed by atoms with E-state index >= 15 is 0 Å². The van der Waals surface area contributed by atoms with Crippen LogP contribution in [0.15, 0.2) is 22.8 Å². The lowest BCUT2D eigenvalue weighted by Gasteiger charge is -2.21. The third-order valence-corrected chi connectivity index (χ3v) is 2.62. The van der Waals surface area contributed by atoms with Crippen LogP contribution in [0.25, 0.3) is 0 Å². The Morgan fingerprint density at radius 1 is 1.47 bits per heavy atom. The molecule has 0 bridgehead atoms. The molecule has 1 N–H and O–H groups in total. The Balaban J connectivity index is 2.43. The summed E-state index contributed by atoms with van der Waals surface area (Å²) in [4.78, 5) is 12.7. The van der Waals surface area contributed by atoms with Gasteiger partial charge in [-0.3, -0.25) is 9.69 Å². The highest BCUT2D eigenvalue weighted by atomic mass is 16.4. The van der Waals surface area contributed by atoms with Crippen LogP contribution in [-0.4, -0.2) is 29.1 Å². The van der Waals surface area contributed by atoms with Crippen LogP contribution in [-0.2, 0) is 11.3 Å². The van der Waals surface area contributed by atoms with Crippen LogP contribution in [0.2, 0.25) is 0 Å². The molecule has 0 atom stereocenters. The Bertz CT molecular complexity index is 319. The monoisotopic (exact) mass is 239 g/mol. The molecule has 0 aliphatic heterocycles. The fraction of sp³-hybridized carbons (Fsp3) is 0.615. The van der Waals surface area contributed by atoms with E-state index in [1.54, 1.807) is 6.26 Å². The Morgan fingerprint density at radius 3 is 2.76 bits per heavy atom. The molecule has 0 spiro atoms. The van der Waals surface area contributed by atoms with Gasteiger partial charge in [0.2, 0.25) is 0 Å². The minimum Gasteiger partial charge on any atom is -0.481 e. The van der Waals surface area contributed by atoms with E-state index in [0.717, 1.165) is 18.7 Å². The van der Waals surface area contributed by atoms with Crippen molar-refractivity contribution in [2.45, 2.75) is 33.2 Å². The molecule has 96 valence electrons. The van der Waals surface area contributed by atoms with Crippen molar-refractivity contribution < 1.29 is 14.3 Å². The van der Waals surface area contributed by atoms with Gasteiger partial charge < -0.3 is 9.52 Å². The highest BCUT2D eigenvalue weighted by Gasteiger charge is 2.10. The number of nitrogens with zero attached hydrogens (tertiary/aromatic N) is 1. The summed E-state index contributed by atoms with van der Waals surface area (Å²) in [6, 6.07) is 3.77. The van der Waals surface area contributed by atoms with Crippen LogP contribution >= 0.6 is 0 Å². The molecule has 0 saturated heterocycles. The first kappa shape index (κ1) is 13.8. The average Bonchev–Trinajstić information content (AvgIpc) is 2.74. The average molecular weight is 239 g/mol. The van der Waals surface area contributed by atoms with Crippen LogP contribution in [0, 0.1) is 5.92 Å². The highest BCUT2D eigenvalue weighted by molar-refractivity contribution is 5.66. The first-order valence-electron chi connectivity index (χ1n) is 6.04. The van der Waals surface area contributed by atoms with Crippen molar-refractivity contribution in [1.29, 1.82) is 0 Å².